The summed E-state index contributed by atoms with van der Waals surface area (Å²) in [6.07, 6.45) is 0. The van der Waals surface area contributed by atoms with Crippen LogP contribution in [0.1, 0.15) is 12.5 Å². The van der Waals surface area contributed by atoms with Gasteiger partial charge in [-0.3, -0.25) is 10.00 Å². The number of hydrogen-bond donors (Lipinski definition) is 1. The Hall–Kier alpha value is -2.84. The zero-order chi connectivity index (χ0) is 20.8. The molecule has 8 heteroatoms. The van der Waals surface area contributed by atoms with Crippen molar-refractivity contribution in [3.05, 3.63) is 52.8 Å². The third-order valence-electron chi connectivity index (χ3n) is 4.41. The van der Waals surface area contributed by atoms with Crippen LogP contribution in [0.5, 0.6) is 17.2 Å². The molecule has 0 bridgehead atoms. The van der Waals surface area contributed by atoms with Crippen molar-refractivity contribution < 1.29 is 14.2 Å². The maximum Gasteiger partial charge on any atom is 0.217 e. The normalized spacial score (nSPS) is 10.9. The zero-order valence-corrected chi connectivity index (χ0v) is 18.0. The summed E-state index contributed by atoms with van der Waals surface area (Å²) in [5, 5.41) is 3.27. The summed E-state index contributed by atoms with van der Waals surface area (Å²) in [5.74, 6) is 3.02. The smallest absolute Gasteiger partial charge is 0.217 e. The van der Waals surface area contributed by atoms with Crippen molar-refractivity contribution in [2.45, 2.75) is 20.1 Å². The molecule has 0 atom stereocenters. The molecule has 0 fully saturated rings. The second kappa shape index (κ2) is 9.58. The lowest BCUT2D eigenvalue weighted by Gasteiger charge is -2.18. The van der Waals surface area contributed by atoms with Crippen LogP contribution in [0, 0.1) is 4.77 Å². The first kappa shape index (κ1) is 20.9. The van der Waals surface area contributed by atoms with Crippen molar-refractivity contribution in [3.63, 3.8) is 0 Å². The van der Waals surface area contributed by atoms with Crippen molar-refractivity contribution in [2.24, 2.45) is 0 Å². The van der Waals surface area contributed by atoms with Gasteiger partial charge >= 0.3 is 0 Å². The fraction of sp³-hybridized carbons (Fsp3) is 0.333. The molecule has 2 aromatic carbocycles. The predicted octanol–water partition coefficient (Wildman–Crippen LogP) is 4.11. The molecule has 154 valence electrons. The molecule has 29 heavy (non-hydrogen) atoms. The van der Waals surface area contributed by atoms with Gasteiger partial charge < -0.3 is 14.2 Å². The average molecular weight is 415 g/mol. The summed E-state index contributed by atoms with van der Waals surface area (Å²) in [4.78, 5) is 6.61. The molecular formula is C21H26N4O3S. The number of nitrogens with zero attached hydrogens (tertiary/aromatic N) is 3. The van der Waals surface area contributed by atoms with Gasteiger partial charge in [0, 0.05) is 12.1 Å². The summed E-state index contributed by atoms with van der Waals surface area (Å²) in [5.41, 5.74) is 2.07. The van der Waals surface area contributed by atoms with Gasteiger partial charge in [0.2, 0.25) is 4.77 Å². The summed E-state index contributed by atoms with van der Waals surface area (Å²) in [6.45, 7) is 3.86. The Labute approximate surface area is 175 Å². The second-order valence-corrected chi connectivity index (χ2v) is 6.95. The van der Waals surface area contributed by atoms with Crippen LogP contribution in [0.3, 0.4) is 0 Å². The van der Waals surface area contributed by atoms with Crippen LogP contribution in [0.4, 0.5) is 0 Å². The quantitative estimate of drug-likeness (QED) is 0.532. The van der Waals surface area contributed by atoms with Crippen LogP contribution >= 0.6 is 12.2 Å². The van der Waals surface area contributed by atoms with E-state index in [0.29, 0.717) is 18.0 Å². The van der Waals surface area contributed by atoms with E-state index in [2.05, 4.69) is 15.0 Å². The van der Waals surface area contributed by atoms with Crippen molar-refractivity contribution in [3.8, 4) is 28.6 Å². The van der Waals surface area contributed by atoms with E-state index in [1.165, 1.54) is 0 Å². The van der Waals surface area contributed by atoms with E-state index in [1.54, 1.807) is 14.2 Å². The summed E-state index contributed by atoms with van der Waals surface area (Å²) >= 11 is 5.42. The van der Waals surface area contributed by atoms with Gasteiger partial charge in [-0.25, -0.2) is 4.68 Å². The fourth-order valence-electron chi connectivity index (χ4n) is 3.02. The number of ether oxygens (including phenoxy) is 3. The molecule has 0 aliphatic rings. The first-order chi connectivity index (χ1) is 14.0. The molecular weight excluding hydrogens is 388 g/mol. The summed E-state index contributed by atoms with van der Waals surface area (Å²) in [7, 11) is 5.32. The molecule has 3 aromatic rings. The van der Waals surface area contributed by atoms with E-state index in [4.69, 9.17) is 26.4 Å². The lowest BCUT2D eigenvalue weighted by atomic mass is 10.2. The molecule has 0 spiro atoms. The highest BCUT2D eigenvalue weighted by atomic mass is 32.1. The molecule has 0 saturated heterocycles. The van der Waals surface area contributed by atoms with Crippen molar-refractivity contribution in [2.75, 3.05) is 27.9 Å². The Morgan fingerprint density at radius 1 is 1.07 bits per heavy atom. The Kier molecular flexibility index (Phi) is 6.90. The Morgan fingerprint density at radius 3 is 2.48 bits per heavy atom. The Bertz CT molecular complexity index is 998. The van der Waals surface area contributed by atoms with E-state index in [1.807, 2.05) is 61.1 Å². The van der Waals surface area contributed by atoms with Crippen LogP contribution in [-0.2, 0) is 13.2 Å². The van der Waals surface area contributed by atoms with Gasteiger partial charge in [0.15, 0.2) is 17.3 Å². The number of H-pyrrole nitrogens is 1. The van der Waals surface area contributed by atoms with E-state index in [0.717, 1.165) is 40.7 Å². The molecule has 0 aliphatic heterocycles. The minimum Gasteiger partial charge on any atom is -0.497 e. The largest absolute Gasteiger partial charge is 0.497 e. The van der Waals surface area contributed by atoms with Crippen LogP contribution in [0.25, 0.3) is 11.4 Å². The third-order valence-corrected chi connectivity index (χ3v) is 4.72. The van der Waals surface area contributed by atoms with Gasteiger partial charge in [-0.15, -0.1) is 0 Å². The summed E-state index contributed by atoms with van der Waals surface area (Å²) < 4.78 is 18.6. The number of hydrogen-bond acceptors (Lipinski definition) is 6. The van der Waals surface area contributed by atoms with Gasteiger partial charge in [0.25, 0.3) is 0 Å². The van der Waals surface area contributed by atoms with Gasteiger partial charge in [-0.2, -0.15) is 4.98 Å². The number of benzene rings is 2. The van der Waals surface area contributed by atoms with Gasteiger partial charge in [0.05, 0.1) is 27.5 Å². The van der Waals surface area contributed by atoms with Gasteiger partial charge in [-0.1, -0.05) is 6.07 Å². The second-order valence-electron chi connectivity index (χ2n) is 6.59. The molecule has 1 heterocycles. The van der Waals surface area contributed by atoms with Crippen LogP contribution in [0.15, 0.2) is 42.5 Å². The minimum absolute atomic E-state index is 0.506. The highest BCUT2D eigenvalue weighted by molar-refractivity contribution is 7.71. The fourth-order valence-corrected chi connectivity index (χ4v) is 3.21. The zero-order valence-electron chi connectivity index (χ0n) is 17.1. The molecule has 0 saturated carbocycles. The first-order valence-corrected chi connectivity index (χ1v) is 9.74. The number of rotatable bonds is 9. The van der Waals surface area contributed by atoms with Crippen molar-refractivity contribution in [1.29, 1.82) is 0 Å². The first-order valence-electron chi connectivity index (χ1n) is 9.33. The predicted molar refractivity (Wildman–Crippen MR) is 115 cm³/mol. The highest BCUT2D eigenvalue weighted by Crippen LogP contribution is 2.28. The maximum absolute atomic E-state index is 5.58. The molecule has 0 radical (unpaired) electrons. The molecule has 0 unspecified atom stereocenters. The third kappa shape index (κ3) is 5.16. The monoisotopic (exact) mass is 414 g/mol. The average Bonchev–Trinajstić information content (AvgIpc) is 3.09. The topological polar surface area (TPSA) is 64.5 Å². The SMILES string of the molecule is CCOc1ccc(CN(C)Cn2[nH]c(-c3ccc(OC)cc3)nc2=S)cc1OC. The lowest BCUT2D eigenvalue weighted by molar-refractivity contribution is 0.244. The Morgan fingerprint density at radius 2 is 1.83 bits per heavy atom. The number of aromatic amines is 1. The van der Waals surface area contributed by atoms with Gasteiger partial charge in [0.1, 0.15) is 5.75 Å². The van der Waals surface area contributed by atoms with Crippen molar-refractivity contribution in [1.82, 2.24) is 19.7 Å². The van der Waals surface area contributed by atoms with Crippen LogP contribution in [-0.4, -0.2) is 47.5 Å². The molecule has 1 N–H and O–H groups in total. The van der Waals surface area contributed by atoms with Gasteiger partial charge in [-0.05, 0) is 68.2 Å². The maximum atomic E-state index is 5.58. The summed E-state index contributed by atoms with van der Waals surface area (Å²) in [6, 6.07) is 13.7. The van der Waals surface area contributed by atoms with Crippen LogP contribution < -0.4 is 14.2 Å². The molecule has 3 rings (SSSR count). The standard InChI is InChI=1S/C21H26N4O3S/c1-5-28-18-11-6-15(12-19(18)27-4)13-24(2)14-25-21(29)22-20(23-25)16-7-9-17(26-3)10-8-16/h6-12H,5,13-14H2,1-4H3,(H,22,23,29). The van der Waals surface area contributed by atoms with E-state index in [-0.39, 0.29) is 0 Å². The van der Waals surface area contributed by atoms with E-state index in [9.17, 15) is 0 Å². The van der Waals surface area contributed by atoms with Crippen LogP contribution in [0.2, 0.25) is 0 Å². The van der Waals surface area contributed by atoms with E-state index >= 15 is 0 Å². The lowest BCUT2D eigenvalue weighted by Crippen LogP contribution is -2.22. The molecule has 7 nitrogen and oxygen atoms in total. The minimum atomic E-state index is 0.506. The van der Waals surface area contributed by atoms with E-state index < -0.39 is 0 Å². The number of aromatic nitrogens is 3. The molecule has 0 aliphatic carbocycles. The van der Waals surface area contributed by atoms with Crippen molar-refractivity contribution >= 4 is 12.2 Å². The number of nitrogens with one attached hydrogen (secondary N) is 1. The number of methoxy groups -OCH3 is 2. The Balaban J connectivity index is 1.70. The molecule has 0 amide bonds. The highest BCUT2D eigenvalue weighted by Gasteiger charge is 2.10. The molecule has 1 aromatic heterocycles.